The minimum atomic E-state index is -3.78. The van der Waals surface area contributed by atoms with Gasteiger partial charge in [-0.3, -0.25) is 4.55 Å². The first kappa shape index (κ1) is 21.6. The highest BCUT2D eigenvalue weighted by atomic mass is 32.2. The molecule has 0 spiro atoms. The maximum atomic E-state index is 10.5. The fourth-order valence-electron chi connectivity index (χ4n) is 2.55. The molecule has 0 radical (unpaired) electrons. The van der Waals surface area contributed by atoms with E-state index in [0.717, 1.165) is 12.8 Å². The molecule has 22 heavy (non-hydrogen) atoms. The standard InChI is InChI=1S/C18H36O3S/c1-2-3-4-5-6-7-8-9-10-11-12-13-14-15-16-17-18-22(19,20)21/h14-15H,2-13,16-18H2,1H3,(H,19,20,21)/b15-14+. The Balaban J connectivity index is 3.14. The summed E-state index contributed by atoms with van der Waals surface area (Å²) in [5.74, 6) is -0.129. The van der Waals surface area contributed by atoms with Crippen molar-refractivity contribution >= 4 is 10.1 Å². The minimum Gasteiger partial charge on any atom is -0.286 e. The van der Waals surface area contributed by atoms with Crippen LogP contribution in [-0.4, -0.2) is 18.7 Å². The molecule has 4 heteroatoms. The normalized spacial score (nSPS) is 12.3. The minimum absolute atomic E-state index is 0.129. The topological polar surface area (TPSA) is 54.4 Å². The van der Waals surface area contributed by atoms with Crippen molar-refractivity contribution in [1.29, 1.82) is 0 Å². The second kappa shape index (κ2) is 15.5. The van der Waals surface area contributed by atoms with Crippen molar-refractivity contribution in [3.8, 4) is 0 Å². The maximum absolute atomic E-state index is 10.5. The van der Waals surface area contributed by atoms with Gasteiger partial charge in [-0.05, 0) is 25.7 Å². The van der Waals surface area contributed by atoms with Gasteiger partial charge in [0.25, 0.3) is 10.1 Å². The van der Waals surface area contributed by atoms with Crippen molar-refractivity contribution in [2.45, 2.75) is 96.8 Å². The molecule has 0 heterocycles. The first-order valence-corrected chi connectivity index (χ1v) is 10.8. The fraction of sp³-hybridized carbons (Fsp3) is 0.889. The van der Waals surface area contributed by atoms with Gasteiger partial charge >= 0.3 is 0 Å². The van der Waals surface area contributed by atoms with E-state index in [9.17, 15) is 8.42 Å². The van der Waals surface area contributed by atoms with Crippen molar-refractivity contribution < 1.29 is 13.0 Å². The summed E-state index contributed by atoms with van der Waals surface area (Å²) in [6.07, 6.45) is 21.5. The molecule has 0 rings (SSSR count). The van der Waals surface area contributed by atoms with E-state index in [0.29, 0.717) is 6.42 Å². The van der Waals surface area contributed by atoms with Gasteiger partial charge in [-0.2, -0.15) is 8.42 Å². The van der Waals surface area contributed by atoms with E-state index < -0.39 is 10.1 Å². The predicted molar refractivity (Wildman–Crippen MR) is 95.9 cm³/mol. The number of rotatable bonds is 16. The molecular weight excluding hydrogens is 296 g/mol. The van der Waals surface area contributed by atoms with Crippen LogP contribution in [0, 0.1) is 0 Å². The summed E-state index contributed by atoms with van der Waals surface area (Å²) in [5, 5.41) is 0. The molecule has 0 saturated carbocycles. The smallest absolute Gasteiger partial charge is 0.264 e. The van der Waals surface area contributed by atoms with Crippen LogP contribution in [0.5, 0.6) is 0 Å². The van der Waals surface area contributed by atoms with Crippen molar-refractivity contribution in [1.82, 2.24) is 0 Å². The van der Waals surface area contributed by atoms with Crippen LogP contribution in [0.2, 0.25) is 0 Å². The molecule has 0 fully saturated rings. The molecular formula is C18H36O3S. The zero-order valence-electron chi connectivity index (χ0n) is 14.4. The van der Waals surface area contributed by atoms with Gasteiger partial charge in [0.2, 0.25) is 0 Å². The van der Waals surface area contributed by atoms with Gasteiger partial charge in [-0.15, -0.1) is 0 Å². The summed E-state index contributed by atoms with van der Waals surface area (Å²) >= 11 is 0. The first-order chi connectivity index (χ1) is 10.6. The Kier molecular flexibility index (Phi) is 15.3. The summed E-state index contributed by atoms with van der Waals surface area (Å²) in [7, 11) is -3.78. The van der Waals surface area contributed by atoms with Crippen molar-refractivity contribution in [2.24, 2.45) is 0 Å². The molecule has 0 aromatic rings. The predicted octanol–water partition coefficient (Wildman–Crippen LogP) is 5.91. The largest absolute Gasteiger partial charge is 0.286 e. The van der Waals surface area contributed by atoms with Crippen LogP contribution in [0.3, 0.4) is 0 Å². The lowest BCUT2D eigenvalue weighted by Crippen LogP contribution is -2.02. The Morgan fingerprint density at radius 2 is 1.09 bits per heavy atom. The molecule has 0 unspecified atom stereocenters. The third kappa shape index (κ3) is 19.7. The molecule has 0 bridgehead atoms. The lowest BCUT2D eigenvalue weighted by atomic mass is 10.1. The Labute approximate surface area is 138 Å². The van der Waals surface area contributed by atoms with Crippen LogP contribution >= 0.6 is 0 Å². The summed E-state index contributed by atoms with van der Waals surface area (Å²) < 4.78 is 29.6. The maximum Gasteiger partial charge on any atom is 0.264 e. The lowest BCUT2D eigenvalue weighted by molar-refractivity contribution is 0.481. The monoisotopic (exact) mass is 332 g/mol. The molecule has 0 aromatic carbocycles. The zero-order chi connectivity index (χ0) is 16.5. The van der Waals surface area contributed by atoms with Gasteiger partial charge in [0.05, 0.1) is 5.75 Å². The molecule has 0 aliphatic carbocycles. The van der Waals surface area contributed by atoms with Crippen molar-refractivity contribution in [3.63, 3.8) is 0 Å². The molecule has 0 aliphatic rings. The van der Waals surface area contributed by atoms with Gasteiger partial charge in [-0.25, -0.2) is 0 Å². The molecule has 132 valence electrons. The van der Waals surface area contributed by atoms with Gasteiger partial charge < -0.3 is 0 Å². The molecule has 3 nitrogen and oxygen atoms in total. The zero-order valence-corrected chi connectivity index (χ0v) is 15.2. The van der Waals surface area contributed by atoms with E-state index in [1.807, 2.05) is 6.08 Å². The third-order valence-corrected chi connectivity index (χ3v) is 4.72. The van der Waals surface area contributed by atoms with Crippen LogP contribution in [0.15, 0.2) is 12.2 Å². The van der Waals surface area contributed by atoms with Gasteiger partial charge in [0.1, 0.15) is 0 Å². The van der Waals surface area contributed by atoms with Crippen LogP contribution in [0.1, 0.15) is 96.8 Å². The molecule has 1 N–H and O–H groups in total. The van der Waals surface area contributed by atoms with E-state index in [-0.39, 0.29) is 5.75 Å². The van der Waals surface area contributed by atoms with E-state index in [1.165, 1.54) is 70.6 Å². The van der Waals surface area contributed by atoms with Crippen LogP contribution < -0.4 is 0 Å². The molecule has 0 amide bonds. The molecule has 0 aromatic heterocycles. The van der Waals surface area contributed by atoms with E-state index in [4.69, 9.17) is 4.55 Å². The fourth-order valence-corrected chi connectivity index (χ4v) is 3.08. The SMILES string of the molecule is CCCCCCCCCCCCC/C=C/CCCS(=O)(=O)O. The first-order valence-electron chi connectivity index (χ1n) is 9.16. The highest BCUT2D eigenvalue weighted by Gasteiger charge is 2.01. The van der Waals surface area contributed by atoms with Gasteiger partial charge in [0, 0.05) is 0 Å². The van der Waals surface area contributed by atoms with Crippen LogP contribution in [0.4, 0.5) is 0 Å². The van der Waals surface area contributed by atoms with E-state index in [1.54, 1.807) is 0 Å². The molecule has 0 atom stereocenters. The van der Waals surface area contributed by atoms with Crippen LogP contribution in [-0.2, 0) is 10.1 Å². The molecule has 0 saturated heterocycles. The van der Waals surface area contributed by atoms with Crippen molar-refractivity contribution in [3.05, 3.63) is 12.2 Å². The second-order valence-electron chi connectivity index (χ2n) is 6.22. The van der Waals surface area contributed by atoms with Crippen molar-refractivity contribution in [2.75, 3.05) is 5.75 Å². The summed E-state index contributed by atoms with van der Waals surface area (Å²) in [6.45, 7) is 2.26. The quantitative estimate of drug-likeness (QED) is 0.217. The highest BCUT2D eigenvalue weighted by molar-refractivity contribution is 7.85. The Morgan fingerprint density at radius 3 is 1.55 bits per heavy atom. The highest BCUT2D eigenvalue weighted by Crippen LogP contribution is 2.12. The summed E-state index contributed by atoms with van der Waals surface area (Å²) in [5.41, 5.74) is 0. The Morgan fingerprint density at radius 1 is 0.682 bits per heavy atom. The average Bonchev–Trinajstić information content (AvgIpc) is 2.45. The average molecular weight is 333 g/mol. The van der Waals surface area contributed by atoms with Gasteiger partial charge in [-0.1, -0.05) is 83.3 Å². The number of hydrogen-bond acceptors (Lipinski definition) is 2. The number of unbranched alkanes of at least 4 members (excludes halogenated alkanes) is 12. The number of allylic oxidation sites excluding steroid dienone is 2. The summed E-state index contributed by atoms with van der Waals surface area (Å²) in [6, 6.07) is 0. The lowest BCUT2D eigenvalue weighted by Gasteiger charge is -2.01. The summed E-state index contributed by atoms with van der Waals surface area (Å²) in [4.78, 5) is 0. The van der Waals surface area contributed by atoms with Crippen LogP contribution in [0.25, 0.3) is 0 Å². The number of hydrogen-bond donors (Lipinski definition) is 1. The molecule has 0 aliphatic heterocycles. The third-order valence-electron chi connectivity index (χ3n) is 3.91. The van der Waals surface area contributed by atoms with E-state index >= 15 is 0 Å². The Bertz CT molecular complexity index is 347. The van der Waals surface area contributed by atoms with Gasteiger partial charge in [0.15, 0.2) is 0 Å². The van der Waals surface area contributed by atoms with E-state index in [2.05, 4.69) is 13.0 Å². The Hall–Kier alpha value is -0.350. The second-order valence-corrected chi connectivity index (χ2v) is 7.80.